The van der Waals surface area contributed by atoms with E-state index in [1.165, 1.54) is 83.1 Å². The van der Waals surface area contributed by atoms with Gasteiger partial charge in [0.2, 0.25) is 0 Å². The van der Waals surface area contributed by atoms with Crippen molar-refractivity contribution in [2.24, 2.45) is 0 Å². The van der Waals surface area contributed by atoms with Gasteiger partial charge in [-0.2, -0.15) is 0 Å². The lowest BCUT2D eigenvalue weighted by atomic mass is 10.0. The van der Waals surface area contributed by atoms with Crippen LogP contribution in [-0.4, -0.2) is 32.7 Å². The van der Waals surface area contributed by atoms with Gasteiger partial charge in [-0.3, -0.25) is 9.69 Å². The first-order valence-electron chi connectivity index (χ1n) is 13.3. The smallest absolute Gasteiger partial charge is 0.329 e. The third kappa shape index (κ3) is 12.4. The summed E-state index contributed by atoms with van der Waals surface area (Å²) in [5, 5.41) is 29.0. The fraction of sp³-hybridized carbons (Fsp3) is 0.375. The lowest BCUT2D eigenvalue weighted by molar-refractivity contribution is -0.143. The van der Waals surface area contributed by atoms with Crippen LogP contribution in [0.4, 0.5) is 5.69 Å². The molecule has 6 heteroatoms. The number of carbonyl (C=O) groups is 2. The van der Waals surface area contributed by atoms with Gasteiger partial charge in [-0.05, 0) is 38.8 Å². The lowest BCUT2D eigenvalue weighted by Crippen LogP contribution is -2.53. The van der Waals surface area contributed by atoms with Crippen LogP contribution in [0, 0.1) is 0 Å². The molecule has 0 aliphatic rings. The number of carboxylic acids is 1. The number of benzene rings is 1. The number of hydrogen-bond donors (Lipinski definition) is 3. The Morgan fingerprint density at radius 2 is 1.29 bits per heavy atom. The second-order valence-electron chi connectivity index (χ2n) is 9.45. The highest BCUT2D eigenvalue weighted by molar-refractivity contribution is 6.07. The number of rotatable bonds is 17. The van der Waals surface area contributed by atoms with E-state index in [4.69, 9.17) is 0 Å². The highest BCUT2D eigenvalue weighted by Crippen LogP contribution is 2.33. The number of phenols is 2. The van der Waals surface area contributed by atoms with Crippen molar-refractivity contribution in [1.82, 2.24) is 0 Å². The molecule has 0 unspecified atom stereocenters. The van der Waals surface area contributed by atoms with Crippen molar-refractivity contribution in [1.29, 1.82) is 0 Å². The molecule has 0 aliphatic carbocycles. The van der Waals surface area contributed by atoms with Crippen LogP contribution in [0.25, 0.3) is 0 Å². The second-order valence-corrected chi connectivity index (χ2v) is 9.45. The van der Waals surface area contributed by atoms with Gasteiger partial charge < -0.3 is 15.3 Å². The average Bonchev–Trinajstić information content (AvgIpc) is 2.87. The Kier molecular flexibility index (Phi) is 15.6. The largest absolute Gasteiger partial charge is 0.504 e. The van der Waals surface area contributed by atoms with Crippen LogP contribution in [-0.2, 0) is 9.59 Å². The zero-order valence-electron chi connectivity index (χ0n) is 22.9. The maximum absolute atomic E-state index is 12.8. The molecule has 0 fully saturated rings. The van der Waals surface area contributed by atoms with Crippen LogP contribution in [0.5, 0.6) is 11.5 Å². The molecule has 0 aromatic heterocycles. The average molecular weight is 522 g/mol. The molecular weight excluding hydrogens is 478 g/mol. The Bertz CT molecular complexity index is 1040. The highest BCUT2D eigenvalue weighted by Gasteiger charge is 2.38. The number of allylic oxidation sites excluding steroid dienone is 11. The minimum Gasteiger partial charge on any atom is -0.504 e. The monoisotopic (exact) mass is 521 g/mol. The molecule has 0 heterocycles. The van der Waals surface area contributed by atoms with E-state index in [1.807, 2.05) is 36.5 Å². The van der Waals surface area contributed by atoms with E-state index in [2.05, 4.69) is 19.1 Å². The molecule has 0 saturated carbocycles. The highest BCUT2D eigenvalue weighted by atomic mass is 16.4. The van der Waals surface area contributed by atoms with Gasteiger partial charge in [0.15, 0.2) is 11.5 Å². The molecule has 206 valence electrons. The standard InChI is InChI=1S/C32H43NO5/c1-4-5-6-7-8-9-10-11-12-13-14-15-16-17-18-19-20-21-22-23-30(36)33(32(2,3)31(37)38)27-24-25-28(34)29(35)26-27/h12-26,34-35H,4-11H2,1-3H3,(H,37,38). The second kappa shape index (κ2) is 18.4. The first-order valence-corrected chi connectivity index (χ1v) is 13.3. The summed E-state index contributed by atoms with van der Waals surface area (Å²) in [5.74, 6) is -2.60. The number of carboxylic acid groups (broad SMARTS) is 1. The number of aliphatic carboxylic acids is 1. The fourth-order valence-corrected chi connectivity index (χ4v) is 3.59. The van der Waals surface area contributed by atoms with Crippen LogP contribution in [0.2, 0.25) is 0 Å². The molecule has 0 saturated heterocycles. The third-order valence-corrected chi connectivity index (χ3v) is 5.87. The topological polar surface area (TPSA) is 98.1 Å². The molecule has 0 radical (unpaired) electrons. The van der Waals surface area contributed by atoms with E-state index in [9.17, 15) is 24.9 Å². The van der Waals surface area contributed by atoms with Crippen LogP contribution >= 0.6 is 0 Å². The SMILES string of the molecule is CCCCCCCCCC=CC=CC=CC=CC=CC=CC(=O)N(c1ccc(O)c(O)c1)C(C)(C)C(=O)O. The van der Waals surface area contributed by atoms with Gasteiger partial charge in [-0.1, -0.05) is 112 Å². The maximum atomic E-state index is 12.8. The van der Waals surface area contributed by atoms with Crippen molar-refractivity contribution >= 4 is 17.6 Å². The van der Waals surface area contributed by atoms with Crippen molar-refractivity contribution in [3.8, 4) is 11.5 Å². The number of carbonyl (C=O) groups excluding carboxylic acids is 1. The summed E-state index contributed by atoms with van der Waals surface area (Å²) in [7, 11) is 0. The van der Waals surface area contributed by atoms with Gasteiger partial charge >= 0.3 is 5.97 Å². The number of amides is 1. The zero-order valence-corrected chi connectivity index (χ0v) is 22.9. The van der Waals surface area contributed by atoms with Gasteiger partial charge in [0.05, 0.1) is 0 Å². The van der Waals surface area contributed by atoms with E-state index in [-0.39, 0.29) is 11.4 Å². The molecule has 38 heavy (non-hydrogen) atoms. The predicted molar refractivity (Wildman–Crippen MR) is 156 cm³/mol. The lowest BCUT2D eigenvalue weighted by Gasteiger charge is -2.34. The Hall–Kier alpha value is -3.80. The maximum Gasteiger partial charge on any atom is 0.329 e. The summed E-state index contributed by atoms with van der Waals surface area (Å²) in [6.45, 7) is 5.01. The molecule has 3 N–H and O–H groups in total. The summed E-state index contributed by atoms with van der Waals surface area (Å²) in [6, 6.07) is 3.72. The Morgan fingerprint density at radius 1 is 0.763 bits per heavy atom. The molecular formula is C32H43NO5. The van der Waals surface area contributed by atoms with Gasteiger partial charge in [0.1, 0.15) is 5.54 Å². The molecule has 1 aromatic carbocycles. The number of aromatic hydroxyl groups is 2. The molecule has 6 nitrogen and oxygen atoms in total. The van der Waals surface area contributed by atoms with E-state index in [0.717, 1.165) is 17.4 Å². The Balaban J connectivity index is 2.50. The minimum atomic E-state index is -1.59. The van der Waals surface area contributed by atoms with E-state index in [1.54, 1.807) is 12.2 Å². The Labute approximate surface area is 227 Å². The van der Waals surface area contributed by atoms with Gasteiger partial charge in [-0.15, -0.1) is 0 Å². The molecule has 1 aromatic rings. The van der Waals surface area contributed by atoms with E-state index < -0.39 is 23.2 Å². The van der Waals surface area contributed by atoms with Crippen LogP contribution in [0.1, 0.15) is 72.1 Å². The molecule has 1 amide bonds. The van der Waals surface area contributed by atoms with Crippen LogP contribution in [0.15, 0.2) is 91.1 Å². The van der Waals surface area contributed by atoms with Crippen LogP contribution in [0.3, 0.4) is 0 Å². The quantitative estimate of drug-likeness (QED) is 0.0842. The first-order chi connectivity index (χ1) is 18.2. The van der Waals surface area contributed by atoms with Gasteiger partial charge in [0, 0.05) is 17.8 Å². The predicted octanol–water partition coefficient (Wildman–Crippen LogP) is 7.77. The molecule has 0 bridgehead atoms. The summed E-state index contributed by atoms with van der Waals surface area (Å²) in [4.78, 5) is 25.7. The van der Waals surface area contributed by atoms with Gasteiger partial charge in [-0.25, -0.2) is 4.79 Å². The molecule has 1 rings (SSSR count). The van der Waals surface area contributed by atoms with Crippen molar-refractivity contribution < 1.29 is 24.9 Å². The zero-order chi connectivity index (χ0) is 28.2. The van der Waals surface area contributed by atoms with E-state index >= 15 is 0 Å². The Morgan fingerprint density at radius 3 is 1.84 bits per heavy atom. The molecule has 0 aliphatic heterocycles. The summed E-state index contributed by atoms with van der Waals surface area (Å²) in [5.41, 5.74) is -1.44. The van der Waals surface area contributed by atoms with E-state index in [0.29, 0.717) is 0 Å². The summed E-state index contributed by atoms with van der Waals surface area (Å²) in [6.07, 6.45) is 32.3. The normalized spacial score (nSPS) is 12.8. The number of anilines is 1. The molecule has 0 spiro atoms. The van der Waals surface area contributed by atoms with Gasteiger partial charge in [0.25, 0.3) is 5.91 Å². The summed E-state index contributed by atoms with van der Waals surface area (Å²) >= 11 is 0. The van der Waals surface area contributed by atoms with Crippen molar-refractivity contribution in [3.05, 3.63) is 91.1 Å². The van der Waals surface area contributed by atoms with Crippen molar-refractivity contribution in [2.45, 2.75) is 77.7 Å². The number of hydrogen-bond acceptors (Lipinski definition) is 4. The van der Waals surface area contributed by atoms with Crippen LogP contribution < -0.4 is 4.90 Å². The summed E-state index contributed by atoms with van der Waals surface area (Å²) < 4.78 is 0. The molecule has 0 atom stereocenters. The number of unbranched alkanes of at least 4 members (excludes halogenated alkanes) is 7. The minimum absolute atomic E-state index is 0.150. The first kappa shape index (κ1) is 32.2. The third-order valence-electron chi connectivity index (χ3n) is 5.87. The van der Waals surface area contributed by atoms with Crippen molar-refractivity contribution in [3.63, 3.8) is 0 Å². The fourth-order valence-electron chi connectivity index (χ4n) is 3.59. The number of phenolic OH excluding ortho intramolecular Hbond substituents is 2. The number of nitrogens with zero attached hydrogens (tertiary/aromatic N) is 1. The van der Waals surface area contributed by atoms with Crippen molar-refractivity contribution in [2.75, 3.05) is 4.90 Å².